The van der Waals surface area contributed by atoms with Crippen molar-refractivity contribution in [1.82, 2.24) is 0 Å². The highest BCUT2D eigenvalue weighted by Crippen LogP contribution is 2.18. The topological polar surface area (TPSA) is 9.23 Å². The van der Waals surface area contributed by atoms with E-state index in [1.165, 1.54) is 0 Å². The smallest absolute Gasteiger partial charge is 0.0717 e. The van der Waals surface area contributed by atoms with Crippen LogP contribution < -0.4 is 0 Å². The molecule has 0 saturated heterocycles. The minimum Gasteiger partial charge on any atom is -0.349 e. The molecule has 0 aliphatic heterocycles. The number of rotatable bonds is 2. The molecule has 0 aliphatic carbocycles. The summed E-state index contributed by atoms with van der Waals surface area (Å²) >= 11 is 3.87. The lowest BCUT2D eigenvalue weighted by Crippen LogP contribution is -1.90. The molecule has 6 heavy (non-hydrogen) atoms. The normalized spacial score (nSPS) is 12.0. The standard InChI is InChI=1S/C3H9OPS/c1-3(2)4-5-6/h3,5-6H,1-2H3. The lowest BCUT2D eigenvalue weighted by molar-refractivity contribution is 0.285. The van der Waals surface area contributed by atoms with Crippen molar-refractivity contribution in [3.63, 3.8) is 0 Å². The molecule has 0 aromatic carbocycles. The van der Waals surface area contributed by atoms with Crippen molar-refractivity contribution in [3.05, 3.63) is 0 Å². The minimum absolute atomic E-state index is 0.333. The second-order valence-electron chi connectivity index (χ2n) is 1.26. The molecule has 0 amide bonds. The molecular formula is C3H9OPS. The monoisotopic (exact) mass is 124 g/mol. The number of hydrogen-bond acceptors (Lipinski definition) is 2. The molecule has 0 rings (SSSR count). The zero-order chi connectivity index (χ0) is 4.99. The maximum Gasteiger partial charge on any atom is 0.0717 e. The summed E-state index contributed by atoms with van der Waals surface area (Å²) in [7, 11) is 0.333. The van der Waals surface area contributed by atoms with Crippen LogP contribution in [0.4, 0.5) is 0 Å². The molecule has 0 aromatic rings. The van der Waals surface area contributed by atoms with Crippen LogP contribution in [0.5, 0.6) is 0 Å². The van der Waals surface area contributed by atoms with Crippen LogP contribution in [0.15, 0.2) is 0 Å². The molecule has 0 radical (unpaired) electrons. The van der Waals surface area contributed by atoms with Crippen molar-refractivity contribution in [2.75, 3.05) is 0 Å². The third-order valence-corrected chi connectivity index (χ3v) is 1.18. The molecule has 1 nitrogen and oxygen atoms in total. The van der Waals surface area contributed by atoms with Gasteiger partial charge in [-0.25, -0.2) is 0 Å². The maximum atomic E-state index is 4.93. The van der Waals surface area contributed by atoms with Crippen LogP contribution in [0.2, 0.25) is 0 Å². The SMILES string of the molecule is CC(C)OPS. The van der Waals surface area contributed by atoms with E-state index >= 15 is 0 Å². The van der Waals surface area contributed by atoms with E-state index < -0.39 is 0 Å². The van der Waals surface area contributed by atoms with Gasteiger partial charge in [0, 0.05) is 0 Å². The molecule has 0 bridgehead atoms. The molecule has 0 fully saturated rings. The Morgan fingerprint density at radius 2 is 2.17 bits per heavy atom. The number of thiol groups is 1. The van der Waals surface area contributed by atoms with Crippen LogP contribution in [0.1, 0.15) is 13.8 Å². The summed E-state index contributed by atoms with van der Waals surface area (Å²) in [5, 5.41) is 0. The van der Waals surface area contributed by atoms with E-state index in [9.17, 15) is 0 Å². The largest absolute Gasteiger partial charge is 0.349 e. The van der Waals surface area contributed by atoms with Crippen LogP contribution in [0.3, 0.4) is 0 Å². The fourth-order valence-corrected chi connectivity index (χ4v) is 0.949. The van der Waals surface area contributed by atoms with Crippen LogP contribution in [0.25, 0.3) is 0 Å². The van der Waals surface area contributed by atoms with Gasteiger partial charge in [0.2, 0.25) is 0 Å². The van der Waals surface area contributed by atoms with Crippen LogP contribution in [-0.4, -0.2) is 6.10 Å². The lowest BCUT2D eigenvalue weighted by atomic mass is 10.5. The summed E-state index contributed by atoms with van der Waals surface area (Å²) in [5.74, 6) is 0. The summed E-state index contributed by atoms with van der Waals surface area (Å²) in [6.07, 6.45) is 0.334. The average molecular weight is 124 g/mol. The van der Waals surface area contributed by atoms with E-state index in [0.29, 0.717) is 14.1 Å². The van der Waals surface area contributed by atoms with E-state index in [0.717, 1.165) is 0 Å². The highest BCUT2D eigenvalue weighted by molar-refractivity contribution is 8.36. The van der Waals surface area contributed by atoms with Gasteiger partial charge in [0.1, 0.15) is 0 Å². The van der Waals surface area contributed by atoms with Crippen LogP contribution in [0, 0.1) is 0 Å². The molecule has 0 saturated carbocycles. The summed E-state index contributed by atoms with van der Waals surface area (Å²) in [4.78, 5) is 0. The van der Waals surface area contributed by atoms with Gasteiger partial charge >= 0.3 is 0 Å². The van der Waals surface area contributed by atoms with Gasteiger partial charge in [-0.1, -0.05) is 0 Å². The minimum atomic E-state index is 0.333. The first-order valence-corrected chi connectivity index (χ1v) is 4.02. The Labute approximate surface area is 45.5 Å². The zero-order valence-electron chi connectivity index (χ0n) is 3.93. The van der Waals surface area contributed by atoms with Gasteiger partial charge in [-0.05, 0) is 13.8 Å². The Morgan fingerprint density at radius 3 is 2.17 bits per heavy atom. The summed E-state index contributed by atoms with van der Waals surface area (Å²) in [6, 6.07) is 0. The summed E-state index contributed by atoms with van der Waals surface area (Å²) in [5.41, 5.74) is 0. The lowest BCUT2D eigenvalue weighted by Gasteiger charge is -1.99. The predicted octanol–water partition coefficient (Wildman–Crippen LogP) is 1.85. The third-order valence-electron chi connectivity index (χ3n) is 0.288. The summed E-state index contributed by atoms with van der Waals surface area (Å²) < 4.78 is 4.93. The van der Waals surface area contributed by atoms with E-state index in [1.807, 2.05) is 13.8 Å². The molecular weight excluding hydrogens is 115 g/mol. The van der Waals surface area contributed by atoms with Gasteiger partial charge in [-0.2, -0.15) is 0 Å². The molecule has 0 aromatic heterocycles. The highest BCUT2D eigenvalue weighted by Gasteiger charge is 1.84. The Balaban J connectivity index is 2.63. The second kappa shape index (κ2) is 3.91. The fraction of sp³-hybridized carbons (Fsp3) is 1.00. The Hall–Kier alpha value is 0.740. The first-order chi connectivity index (χ1) is 2.77. The second-order valence-corrected chi connectivity index (χ2v) is 2.22. The quantitative estimate of drug-likeness (QED) is 0.436. The first-order valence-electron chi connectivity index (χ1n) is 1.82. The Bertz CT molecular complexity index is 32.0. The Morgan fingerprint density at radius 1 is 1.67 bits per heavy atom. The van der Waals surface area contributed by atoms with Crippen molar-refractivity contribution in [2.45, 2.75) is 20.0 Å². The van der Waals surface area contributed by atoms with Crippen LogP contribution >= 0.6 is 20.3 Å². The molecule has 1 unspecified atom stereocenters. The van der Waals surface area contributed by atoms with E-state index in [2.05, 4.69) is 12.2 Å². The molecule has 3 heteroatoms. The molecule has 38 valence electrons. The van der Waals surface area contributed by atoms with E-state index in [-0.39, 0.29) is 0 Å². The maximum absolute atomic E-state index is 4.93. The van der Waals surface area contributed by atoms with Crippen molar-refractivity contribution in [3.8, 4) is 0 Å². The van der Waals surface area contributed by atoms with Gasteiger partial charge < -0.3 is 4.52 Å². The number of hydrogen-bond donors (Lipinski definition) is 1. The van der Waals surface area contributed by atoms with E-state index in [4.69, 9.17) is 4.52 Å². The third kappa shape index (κ3) is 4.74. The van der Waals surface area contributed by atoms with Crippen LogP contribution in [-0.2, 0) is 4.52 Å². The molecule has 0 spiro atoms. The highest BCUT2D eigenvalue weighted by atomic mass is 32.7. The predicted molar refractivity (Wildman–Crippen MR) is 33.5 cm³/mol. The average Bonchev–Trinajstić information content (AvgIpc) is 1.35. The van der Waals surface area contributed by atoms with Gasteiger partial charge in [-0.3, -0.25) is 0 Å². The van der Waals surface area contributed by atoms with Crippen molar-refractivity contribution in [1.29, 1.82) is 0 Å². The van der Waals surface area contributed by atoms with Crippen molar-refractivity contribution >= 4 is 20.3 Å². The first kappa shape index (κ1) is 6.74. The molecule has 0 heterocycles. The molecule has 1 atom stereocenters. The van der Waals surface area contributed by atoms with Crippen molar-refractivity contribution < 1.29 is 4.52 Å². The molecule has 0 N–H and O–H groups in total. The zero-order valence-corrected chi connectivity index (χ0v) is 5.83. The van der Waals surface area contributed by atoms with Gasteiger partial charge in [0.25, 0.3) is 0 Å². The van der Waals surface area contributed by atoms with Gasteiger partial charge in [-0.15, -0.1) is 12.2 Å². The van der Waals surface area contributed by atoms with Gasteiger partial charge in [0.05, 0.1) is 14.1 Å². The molecule has 0 aliphatic rings. The van der Waals surface area contributed by atoms with Gasteiger partial charge in [0.15, 0.2) is 0 Å². The van der Waals surface area contributed by atoms with Crippen molar-refractivity contribution in [2.24, 2.45) is 0 Å². The fourth-order valence-electron chi connectivity index (χ4n) is 0.105. The Kier molecular flexibility index (Phi) is 4.40. The summed E-state index contributed by atoms with van der Waals surface area (Å²) in [6.45, 7) is 3.98. The van der Waals surface area contributed by atoms with E-state index in [1.54, 1.807) is 0 Å².